The predicted octanol–water partition coefficient (Wildman–Crippen LogP) is 3.55. The third-order valence-electron chi connectivity index (χ3n) is 2.51. The number of halogens is 3. The number of hydrogen-bond acceptors (Lipinski definition) is 2. The molecule has 5 heteroatoms. The molecule has 1 N–H and O–H groups in total. The molecule has 1 heterocycles. The zero-order valence-corrected chi connectivity index (χ0v) is 10.4. The summed E-state index contributed by atoms with van der Waals surface area (Å²) in [6.07, 6.45) is -4.85. The van der Waals surface area contributed by atoms with E-state index in [1.165, 1.54) is 16.8 Å². The second-order valence-corrected chi connectivity index (χ2v) is 4.62. The number of alkyl halides is 3. The van der Waals surface area contributed by atoms with Crippen LogP contribution in [0.25, 0.3) is 0 Å². The van der Waals surface area contributed by atoms with Gasteiger partial charge in [-0.15, -0.1) is 0 Å². The van der Waals surface area contributed by atoms with Crippen molar-refractivity contribution in [3.05, 3.63) is 58.3 Å². The third kappa shape index (κ3) is 2.80. The molecule has 0 aliphatic carbocycles. The van der Waals surface area contributed by atoms with E-state index in [2.05, 4.69) is 5.92 Å². The molecule has 2 aromatic rings. The zero-order valence-electron chi connectivity index (χ0n) is 9.61. The lowest BCUT2D eigenvalue weighted by Crippen LogP contribution is -2.40. The van der Waals surface area contributed by atoms with Gasteiger partial charge < -0.3 is 5.11 Å². The maximum atomic E-state index is 13.0. The van der Waals surface area contributed by atoms with Crippen molar-refractivity contribution in [3.8, 4) is 11.8 Å². The van der Waals surface area contributed by atoms with Crippen molar-refractivity contribution in [1.29, 1.82) is 0 Å². The summed E-state index contributed by atoms with van der Waals surface area (Å²) in [5, 5.41) is 12.6. The lowest BCUT2D eigenvalue weighted by Gasteiger charge is -2.24. The molecule has 0 spiro atoms. The molecular weight excluding hydrogens is 273 g/mol. The van der Waals surface area contributed by atoms with Gasteiger partial charge in [-0.1, -0.05) is 24.1 Å². The molecular formula is C14H9F3OS. The van der Waals surface area contributed by atoms with E-state index in [0.29, 0.717) is 5.56 Å². The second kappa shape index (κ2) is 5.08. The fourth-order valence-corrected chi connectivity index (χ4v) is 2.16. The molecule has 0 aliphatic rings. The first-order valence-electron chi connectivity index (χ1n) is 5.33. The standard InChI is InChI=1S/C14H9F3OS/c15-14(16,17)13(18,12-7-9-19-10-12)8-6-11-4-2-1-3-5-11/h1-5,7,9-10,18H. The van der Waals surface area contributed by atoms with Crippen molar-refractivity contribution >= 4 is 11.3 Å². The van der Waals surface area contributed by atoms with Gasteiger partial charge >= 0.3 is 6.18 Å². The van der Waals surface area contributed by atoms with Gasteiger partial charge in [0.2, 0.25) is 5.60 Å². The summed E-state index contributed by atoms with van der Waals surface area (Å²) in [5.41, 5.74) is -2.98. The van der Waals surface area contributed by atoms with Crippen molar-refractivity contribution in [3.63, 3.8) is 0 Å². The van der Waals surface area contributed by atoms with Crippen molar-refractivity contribution in [2.75, 3.05) is 0 Å². The monoisotopic (exact) mass is 282 g/mol. The third-order valence-corrected chi connectivity index (χ3v) is 3.19. The first-order valence-corrected chi connectivity index (χ1v) is 6.28. The summed E-state index contributed by atoms with van der Waals surface area (Å²) in [7, 11) is 0. The average molecular weight is 282 g/mol. The van der Waals surface area contributed by atoms with Crippen LogP contribution in [0.2, 0.25) is 0 Å². The Hall–Kier alpha value is -1.77. The van der Waals surface area contributed by atoms with Gasteiger partial charge in [0.15, 0.2) is 0 Å². The van der Waals surface area contributed by atoms with Crippen LogP contribution >= 0.6 is 11.3 Å². The molecule has 1 atom stereocenters. The van der Waals surface area contributed by atoms with Gasteiger partial charge in [-0.3, -0.25) is 0 Å². The number of rotatable bonds is 1. The smallest absolute Gasteiger partial charge is 0.366 e. The first-order chi connectivity index (χ1) is 8.93. The summed E-state index contributed by atoms with van der Waals surface area (Å²) in [4.78, 5) is 0. The summed E-state index contributed by atoms with van der Waals surface area (Å²) in [6.45, 7) is 0. The molecule has 1 aromatic heterocycles. The molecule has 0 fully saturated rings. The van der Waals surface area contributed by atoms with Crippen LogP contribution in [0, 0.1) is 11.8 Å². The molecule has 1 nitrogen and oxygen atoms in total. The minimum Gasteiger partial charge on any atom is -0.366 e. The van der Waals surface area contributed by atoms with Crippen LogP contribution in [0.5, 0.6) is 0 Å². The van der Waals surface area contributed by atoms with Gasteiger partial charge in [-0.2, -0.15) is 24.5 Å². The zero-order chi connectivity index (χ0) is 13.9. The molecule has 0 aliphatic heterocycles. The average Bonchev–Trinajstić information content (AvgIpc) is 2.90. The highest BCUT2D eigenvalue weighted by Crippen LogP contribution is 2.39. The Labute approximate surface area is 112 Å². The van der Waals surface area contributed by atoms with Gasteiger partial charge in [0, 0.05) is 11.1 Å². The maximum absolute atomic E-state index is 13.0. The molecule has 0 bridgehead atoms. The van der Waals surface area contributed by atoms with E-state index in [1.807, 2.05) is 5.92 Å². The van der Waals surface area contributed by atoms with Gasteiger partial charge in [-0.05, 0) is 34.9 Å². The molecule has 2 rings (SSSR count). The van der Waals surface area contributed by atoms with Crippen molar-refractivity contribution < 1.29 is 18.3 Å². The number of hydrogen-bond donors (Lipinski definition) is 1. The highest BCUT2D eigenvalue weighted by atomic mass is 32.1. The fraction of sp³-hybridized carbons (Fsp3) is 0.143. The Morgan fingerprint density at radius 3 is 2.26 bits per heavy atom. The van der Waals surface area contributed by atoms with Gasteiger partial charge in [0.25, 0.3) is 0 Å². The SMILES string of the molecule is OC(C#Cc1ccccc1)(c1ccsc1)C(F)(F)F. The van der Waals surface area contributed by atoms with Gasteiger partial charge in [0.1, 0.15) is 0 Å². The number of aliphatic hydroxyl groups is 1. The molecule has 0 saturated carbocycles. The highest BCUT2D eigenvalue weighted by Gasteiger charge is 2.54. The van der Waals surface area contributed by atoms with Crippen molar-refractivity contribution in [1.82, 2.24) is 0 Å². The van der Waals surface area contributed by atoms with Crippen molar-refractivity contribution in [2.45, 2.75) is 11.8 Å². The first kappa shape index (κ1) is 13.7. The summed E-state index contributed by atoms with van der Waals surface area (Å²) < 4.78 is 39.1. The lowest BCUT2D eigenvalue weighted by atomic mass is 9.96. The summed E-state index contributed by atoms with van der Waals surface area (Å²) >= 11 is 1.08. The molecule has 19 heavy (non-hydrogen) atoms. The van der Waals surface area contributed by atoms with E-state index < -0.39 is 11.8 Å². The van der Waals surface area contributed by atoms with E-state index >= 15 is 0 Å². The van der Waals surface area contributed by atoms with Gasteiger partial charge in [-0.25, -0.2) is 0 Å². The Balaban J connectivity index is 2.45. The van der Waals surface area contributed by atoms with Crippen LogP contribution < -0.4 is 0 Å². The van der Waals surface area contributed by atoms with E-state index in [1.54, 1.807) is 30.3 Å². The lowest BCUT2D eigenvalue weighted by molar-refractivity contribution is -0.240. The molecule has 1 unspecified atom stereocenters. The summed E-state index contributed by atoms with van der Waals surface area (Å²) in [5.74, 6) is 4.31. The van der Waals surface area contributed by atoms with Gasteiger partial charge in [0.05, 0.1) is 0 Å². The molecule has 98 valence electrons. The quantitative estimate of drug-likeness (QED) is 0.793. The van der Waals surface area contributed by atoms with Crippen LogP contribution in [-0.4, -0.2) is 11.3 Å². The van der Waals surface area contributed by atoms with Crippen LogP contribution in [-0.2, 0) is 5.60 Å². The van der Waals surface area contributed by atoms with Crippen LogP contribution in [0.4, 0.5) is 13.2 Å². The van der Waals surface area contributed by atoms with E-state index in [9.17, 15) is 18.3 Å². The predicted molar refractivity (Wildman–Crippen MR) is 67.6 cm³/mol. The largest absolute Gasteiger partial charge is 0.433 e. The second-order valence-electron chi connectivity index (χ2n) is 3.84. The topological polar surface area (TPSA) is 20.2 Å². The Bertz CT molecular complexity index is 593. The summed E-state index contributed by atoms with van der Waals surface area (Å²) in [6, 6.07) is 9.45. The molecule has 1 aromatic carbocycles. The number of benzene rings is 1. The van der Waals surface area contributed by atoms with Crippen LogP contribution in [0.15, 0.2) is 47.2 Å². The molecule has 0 amide bonds. The minimum absolute atomic E-state index is 0.256. The molecule has 0 radical (unpaired) electrons. The maximum Gasteiger partial charge on any atom is 0.433 e. The minimum atomic E-state index is -4.85. The van der Waals surface area contributed by atoms with E-state index in [4.69, 9.17) is 0 Å². The van der Waals surface area contributed by atoms with E-state index in [0.717, 1.165) is 11.3 Å². The number of thiophene rings is 1. The van der Waals surface area contributed by atoms with Crippen LogP contribution in [0.1, 0.15) is 11.1 Å². The Morgan fingerprint density at radius 1 is 1.05 bits per heavy atom. The molecule has 0 saturated heterocycles. The van der Waals surface area contributed by atoms with Crippen LogP contribution in [0.3, 0.4) is 0 Å². The fourth-order valence-electron chi connectivity index (χ4n) is 1.46. The van der Waals surface area contributed by atoms with E-state index in [-0.39, 0.29) is 5.56 Å². The normalized spacial score (nSPS) is 14.3. The van der Waals surface area contributed by atoms with Crippen molar-refractivity contribution in [2.24, 2.45) is 0 Å². The highest BCUT2D eigenvalue weighted by molar-refractivity contribution is 7.08. The Morgan fingerprint density at radius 2 is 1.74 bits per heavy atom. The Kier molecular flexibility index (Phi) is 3.65.